The van der Waals surface area contributed by atoms with Crippen LogP contribution in [0.1, 0.15) is 19.3 Å². The van der Waals surface area contributed by atoms with Gasteiger partial charge in [0.25, 0.3) is 0 Å². The molecule has 0 saturated heterocycles. The van der Waals surface area contributed by atoms with Gasteiger partial charge in [-0.05, 0) is 6.92 Å². The molecule has 0 unspecified atom stereocenters. The van der Waals surface area contributed by atoms with E-state index in [4.69, 9.17) is 0 Å². The van der Waals surface area contributed by atoms with Crippen LogP contribution in [0.25, 0.3) is 0 Å². The van der Waals surface area contributed by atoms with E-state index in [0.29, 0.717) is 19.3 Å². The first-order valence-corrected chi connectivity index (χ1v) is 3.13. The van der Waals surface area contributed by atoms with Crippen LogP contribution in [-0.4, -0.2) is 13.1 Å². The molecule has 0 aromatic heterocycles. The second-order valence-electron chi connectivity index (χ2n) is 1.68. The van der Waals surface area contributed by atoms with Crippen molar-refractivity contribution in [1.29, 1.82) is 0 Å². The molecule has 0 heterocycles. The van der Waals surface area contributed by atoms with Crippen LogP contribution >= 0.6 is 0 Å². The Labute approximate surface area is 61.6 Å². The van der Waals surface area contributed by atoms with E-state index < -0.39 is 0 Å². The van der Waals surface area contributed by atoms with Gasteiger partial charge in [-0.25, -0.2) is 0 Å². The number of carbonyl (C=O) groups is 1. The van der Waals surface area contributed by atoms with E-state index in [0.717, 1.165) is 0 Å². The van der Waals surface area contributed by atoms with Crippen molar-refractivity contribution in [2.24, 2.45) is 0 Å². The van der Waals surface area contributed by atoms with Gasteiger partial charge in [-0.15, -0.1) is 11.8 Å². The molecule has 0 aliphatic heterocycles. The molecule has 0 aliphatic carbocycles. The molecule has 0 amide bonds. The van der Waals surface area contributed by atoms with Crippen molar-refractivity contribution in [3.63, 3.8) is 0 Å². The van der Waals surface area contributed by atoms with Gasteiger partial charge in [0.1, 0.15) is 0 Å². The van der Waals surface area contributed by atoms with Gasteiger partial charge in [-0.1, -0.05) is 0 Å². The first-order valence-electron chi connectivity index (χ1n) is 3.13. The molecular weight excluding hydrogens is 128 g/mol. The second-order valence-corrected chi connectivity index (χ2v) is 1.68. The average Bonchev–Trinajstić information content (AvgIpc) is 1.98. The van der Waals surface area contributed by atoms with E-state index in [-0.39, 0.29) is 5.97 Å². The van der Waals surface area contributed by atoms with Crippen LogP contribution in [0.3, 0.4) is 0 Å². The van der Waals surface area contributed by atoms with Crippen molar-refractivity contribution < 1.29 is 9.53 Å². The molecule has 2 heteroatoms. The number of hydrogen-bond acceptors (Lipinski definition) is 2. The number of rotatable bonds is 2. The molecule has 1 radical (unpaired) electrons. The van der Waals surface area contributed by atoms with Gasteiger partial charge < -0.3 is 4.74 Å². The summed E-state index contributed by atoms with van der Waals surface area (Å²) in [6, 6.07) is 0. The van der Waals surface area contributed by atoms with Gasteiger partial charge in [-0.3, -0.25) is 4.79 Å². The topological polar surface area (TPSA) is 26.3 Å². The van der Waals surface area contributed by atoms with E-state index in [1.54, 1.807) is 0 Å². The standard InChI is InChI=1S/C8H11O2/c1-3-4-5-6-7-8(9)10-2/h1,3,6-7H2,2H3. The molecule has 0 N–H and O–H groups in total. The molecule has 0 aromatic carbocycles. The van der Waals surface area contributed by atoms with E-state index in [1.807, 2.05) is 0 Å². The predicted molar refractivity (Wildman–Crippen MR) is 39.0 cm³/mol. The van der Waals surface area contributed by atoms with Crippen molar-refractivity contribution in [1.82, 2.24) is 0 Å². The van der Waals surface area contributed by atoms with Gasteiger partial charge in [0, 0.05) is 12.8 Å². The van der Waals surface area contributed by atoms with Crippen LogP contribution in [0.15, 0.2) is 0 Å². The van der Waals surface area contributed by atoms with Crippen LogP contribution in [0.4, 0.5) is 0 Å². The quantitative estimate of drug-likeness (QED) is 0.424. The Morgan fingerprint density at radius 1 is 1.60 bits per heavy atom. The highest BCUT2D eigenvalue weighted by atomic mass is 16.5. The van der Waals surface area contributed by atoms with Crippen LogP contribution in [0, 0.1) is 18.8 Å². The van der Waals surface area contributed by atoms with E-state index in [9.17, 15) is 4.79 Å². The van der Waals surface area contributed by atoms with Crippen LogP contribution < -0.4 is 0 Å². The summed E-state index contributed by atoms with van der Waals surface area (Å²) < 4.78 is 4.41. The Balaban J connectivity index is 3.27. The van der Waals surface area contributed by atoms with Crippen LogP contribution in [0.2, 0.25) is 0 Å². The molecule has 0 spiro atoms. The fourth-order valence-electron chi connectivity index (χ4n) is 0.443. The molecule has 55 valence electrons. The molecule has 0 aliphatic rings. The minimum atomic E-state index is -0.210. The smallest absolute Gasteiger partial charge is 0.306 e. The first kappa shape index (κ1) is 9.03. The Bertz CT molecular complexity index is 150. The zero-order chi connectivity index (χ0) is 7.82. The van der Waals surface area contributed by atoms with Crippen molar-refractivity contribution in [2.75, 3.05) is 7.11 Å². The summed E-state index contributed by atoms with van der Waals surface area (Å²) in [7, 11) is 1.37. The molecule has 10 heavy (non-hydrogen) atoms. The summed E-state index contributed by atoms with van der Waals surface area (Å²) in [5.41, 5.74) is 0. The highest BCUT2D eigenvalue weighted by Gasteiger charge is 1.94. The lowest BCUT2D eigenvalue weighted by molar-refractivity contribution is -0.140. The second kappa shape index (κ2) is 6.15. The molecule has 0 atom stereocenters. The summed E-state index contributed by atoms with van der Waals surface area (Å²) in [6.45, 7) is 3.53. The number of carbonyl (C=O) groups excluding carboxylic acids is 1. The third-order valence-corrected chi connectivity index (χ3v) is 0.932. The van der Waals surface area contributed by atoms with Gasteiger partial charge in [0.2, 0.25) is 0 Å². The zero-order valence-corrected chi connectivity index (χ0v) is 6.14. The lowest BCUT2D eigenvalue weighted by Crippen LogP contribution is -1.98. The molecule has 2 nitrogen and oxygen atoms in total. The maximum absolute atomic E-state index is 10.5. The lowest BCUT2D eigenvalue weighted by atomic mass is 10.3. The Morgan fingerprint density at radius 3 is 2.80 bits per heavy atom. The maximum Gasteiger partial charge on any atom is 0.306 e. The first-order chi connectivity index (χ1) is 4.81. The van der Waals surface area contributed by atoms with Crippen molar-refractivity contribution in [3.8, 4) is 11.8 Å². The van der Waals surface area contributed by atoms with Gasteiger partial charge in [0.15, 0.2) is 0 Å². The molecule has 0 bridgehead atoms. The highest BCUT2D eigenvalue weighted by molar-refractivity contribution is 5.69. The zero-order valence-electron chi connectivity index (χ0n) is 6.14. The molecule has 0 aromatic rings. The van der Waals surface area contributed by atoms with E-state index in [2.05, 4.69) is 23.5 Å². The van der Waals surface area contributed by atoms with Crippen LogP contribution in [0.5, 0.6) is 0 Å². The summed E-state index contributed by atoms with van der Waals surface area (Å²) in [5, 5.41) is 0. The number of ether oxygens (including phenoxy) is 1. The van der Waals surface area contributed by atoms with E-state index in [1.165, 1.54) is 7.11 Å². The normalized spacial score (nSPS) is 7.80. The SMILES string of the molecule is [CH2]CC#CCCC(=O)OC. The maximum atomic E-state index is 10.5. The van der Waals surface area contributed by atoms with Crippen molar-refractivity contribution >= 4 is 5.97 Å². The summed E-state index contributed by atoms with van der Waals surface area (Å²) in [6.07, 6.45) is 1.55. The Morgan fingerprint density at radius 2 is 2.30 bits per heavy atom. The Kier molecular flexibility index (Phi) is 5.56. The fraction of sp³-hybridized carbons (Fsp3) is 0.500. The van der Waals surface area contributed by atoms with Crippen molar-refractivity contribution in [3.05, 3.63) is 6.92 Å². The number of esters is 1. The molecule has 0 rings (SSSR count). The summed E-state index contributed by atoms with van der Waals surface area (Å²) >= 11 is 0. The number of methoxy groups -OCH3 is 1. The summed E-state index contributed by atoms with van der Waals surface area (Å²) in [4.78, 5) is 10.5. The van der Waals surface area contributed by atoms with Gasteiger partial charge in [-0.2, -0.15) is 0 Å². The van der Waals surface area contributed by atoms with Gasteiger partial charge in [0.05, 0.1) is 13.5 Å². The highest BCUT2D eigenvalue weighted by Crippen LogP contribution is 1.88. The van der Waals surface area contributed by atoms with Crippen molar-refractivity contribution in [2.45, 2.75) is 19.3 Å². The monoisotopic (exact) mass is 139 g/mol. The fourth-order valence-corrected chi connectivity index (χ4v) is 0.443. The molecule has 0 saturated carbocycles. The summed E-state index contributed by atoms with van der Waals surface area (Å²) in [5.74, 6) is 5.34. The van der Waals surface area contributed by atoms with Crippen LogP contribution in [-0.2, 0) is 9.53 Å². The minimum Gasteiger partial charge on any atom is -0.469 e. The molecule has 0 fully saturated rings. The minimum absolute atomic E-state index is 0.210. The van der Waals surface area contributed by atoms with Gasteiger partial charge >= 0.3 is 5.97 Å². The molecular formula is C8H11O2. The third-order valence-electron chi connectivity index (χ3n) is 0.932. The number of hydrogen-bond donors (Lipinski definition) is 0. The van der Waals surface area contributed by atoms with E-state index >= 15 is 0 Å². The lowest BCUT2D eigenvalue weighted by Gasteiger charge is -1.91. The largest absolute Gasteiger partial charge is 0.469 e. The predicted octanol–water partition coefficient (Wildman–Crippen LogP) is 1.17. The average molecular weight is 139 g/mol. The Hall–Kier alpha value is -0.970. The third kappa shape index (κ3) is 5.17.